The molecule has 1 aromatic heterocycles. The first-order valence-corrected chi connectivity index (χ1v) is 10.9. The number of pyridine rings is 1. The Hall–Kier alpha value is -3.45. The van der Waals surface area contributed by atoms with E-state index in [9.17, 15) is 9.59 Å². The summed E-state index contributed by atoms with van der Waals surface area (Å²) in [5, 5.41) is 3.14. The highest BCUT2D eigenvalue weighted by molar-refractivity contribution is 5.99. The molecule has 1 unspecified atom stereocenters. The van der Waals surface area contributed by atoms with Gasteiger partial charge in [0, 0.05) is 30.2 Å². The highest BCUT2D eigenvalue weighted by Crippen LogP contribution is 2.38. The molecule has 174 valence electrons. The van der Waals surface area contributed by atoms with Crippen molar-refractivity contribution in [3.05, 3.63) is 88.0 Å². The molecular formula is C26H31N3O4. The Balaban J connectivity index is 1.79. The van der Waals surface area contributed by atoms with E-state index in [2.05, 4.69) is 27.3 Å². The second-order valence-electron chi connectivity index (χ2n) is 8.19. The van der Waals surface area contributed by atoms with E-state index in [-0.39, 0.29) is 6.61 Å². The van der Waals surface area contributed by atoms with Gasteiger partial charge in [0.1, 0.15) is 6.61 Å². The summed E-state index contributed by atoms with van der Waals surface area (Å²) in [7, 11) is 3.31. The number of rotatable bonds is 8. The van der Waals surface area contributed by atoms with Crippen molar-refractivity contribution in [2.45, 2.75) is 33.2 Å². The summed E-state index contributed by atoms with van der Waals surface area (Å²) in [6.07, 6.45) is 0. The molecule has 0 fully saturated rings. The van der Waals surface area contributed by atoms with E-state index in [4.69, 9.17) is 9.47 Å². The summed E-state index contributed by atoms with van der Waals surface area (Å²) < 4.78 is 10.7. The number of nitrogens with zero attached hydrogens (tertiary/aromatic N) is 2. The number of benzene rings is 1. The number of aryl methyl sites for hydroxylation is 1. The van der Waals surface area contributed by atoms with Gasteiger partial charge in [-0.15, -0.1) is 0 Å². The van der Waals surface area contributed by atoms with Gasteiger partial charge < -0.3 is 14.8 Å². The van der Waals surface area contributed by atoms with Crippen molar-refractivity contribution in [2.24, 2.45) is 0 Å². The molecule has 1 aliphatic rings. The maximum atomic E-state index is 13.2. The molecule has 2 heterocycles. The number of carbonyl (C=O) groups excluding carboxylic acids is 2. The molecule has 33 heavy (non-hydrogen) atoms. The van der Waals surface area contributed by atoms with Crippen LogP contribution in [0.25, 0.3) is 0 Å². The van der Waals surface area contributed by atoms with Crippen LogP contribution in [-0.2, 0) is 25.6 Å². The standard InChI is InChI=1S/C26H31N3O4/c1-17-10-9-13-21(27-17)24-22(25(30)32-5)18(2)28-19(3)23(24)26(31)33-15-14-29(4)16-20-11-7-6-8-12-20/h6-13,24,28H,14-16H2,1-5H3. The monoisotopic (exact) mass is 449 g/mol. The average molecular weight is 450 g/mol. The van der Waals surface area contributed by atoms with Gasteiger partial charge in [0.05, 0.1) is 29.9 Å². The van der Waals surface area contributed by atoms with E-state index in [0.717, 1.165) is 12.2 Å². The zero-order valence-corrected chi connectivity index (χ0v) is 19.8. The van der Waals surface area contributed by atoms with Gasteiger partial charge in [0.2, 0.25) is 0 Å². The first-order chi connectivity index (χ1) is 15.8. The van der Waals surface area contributed by atoms with Crippen LogP contribution >= 0.6 is 0 Å². The summed E-state index contributed by atoms with van der Waals surface area (Å²) in [4.78, 5) is 32.6. The van der Waals surface area contributed by atoms with Crippen molar-refractivity contribution in [3.8, 4) is 0 Å². The van der Waals surface area contributed by atoms with E-state index in [1.54, 1.807) is 13.8 Å². The number of aromatic nitrogens is 1. The average Bonchev–Trinajstić information content (AvgIpc) is 2.78. The zero-order chi connectivity index (χ0) is 24.0. The fourth-order valence-corrected chi connectivity index (χ4v) is 4.01. The number of esters is 2. The Morgan fingerprint density at radius 2 is 1.64 bits per heavy atom. The number of ether oxygens (including phenoxy) is 2. The summed E-state index contributed by atoms with van der Waals surface area (Å²) in [6.45, 7) is 7.02. The Labute approximate surface area is 195 Å². The molecule has 0 saturated heterocycles. The van der Waals surface area contributed by atoms with E-state index >= 15 is 0 Å². The van der Waals surface area contributed by atoms with Crippen LogP contribution in [0.5, 0.6) is 0 Å². The largest absolute Gasteiger partial charge is 0.466 e. The molecule has 0 amide bonds. The molecule has 1 aliphatic heterocycles. The fraction of sp³-hybridized carbons (Fsp3) is 0.346. The van der Waals surface area contributed by atoms with Gasteiger partial charge in [0.25, 0.3) is 0 Å². The SMILES string of the molecule is COC(=O)C1=C(C)NC(C)=C(C(=O)OCCN(C)Cc2ccccc2)C1c1cccc(C)n1. The van der Waals surface area contributed by atoms with Crippen LogP contribution < -0.4 is 5.32 Å². The maximum Gasteiger partial charge on any atom is 0.336 e. The Morgan fingerprint density at radius 3 is 2.27 bits per heavy atom. The molecule has 7 heteroatoms. The third kappa shape index (κ3) is 5.87. The van der Waals surface area contributed by atoms with Crippen molar-refractivity contribution in [3.63, 3.8) is 0 Å². The van der Waals surface area contributed by atoms with E-state index in [1.165, 1.54) is 12.7 Å². The quantitative estimate of drug-likeness (QED) is 0.618. The minimum absolute atomic E-state index is 0.225. The smallest absolute Gasteiger partial charge is 0.336 e. The molecule has 0 saturated carbocycles. The Bertz CT molecular complexity index is 1080. The van der Waals surface area contributed by atoms with Gasteiger partial charge >= 0.3 is 11.9 Å². The highest BCUT2D eigenvalue weighted by atomic mass is 16.5. The molecule has 1 atom stereocenters. The van der Waals surface area contributed by atoms with Gasteiger partial charge in [-0.25, -0.2) is 9.59 Å². The minimum Gasteiger partial charge on any atom is -0.466 e. The van der Waals surface area contributed by atoms with E-state index in [0.29, 0.717) is 34.8 Å². The topological polar surface area (TPSA) is 80.8 Å². The van der Waals surface area contributed by atoms with Crippen LogP contribution in [0.4, 0.5) is 0 Å². The van der Waals surface area contributed by atoms with Crippen LogP contribution in [0.1, 0.15) is 36.7 Å². The minimum atomic E-state index is -0.673. The van der Waals surface area contributed by atoms with Crippen LogP contribution in [0, 0.1) is 6.92 Å². The van der Waals surface area contributed by atoms with Crippen LogP contribution in [-0.4, -0.2) is 49.1 Å². The second kappa shape index (κ2) is 10.9. The molecule has 0 bridgehead atoms. The summed E-state index contributed by atoms with van der Waals surface area (Å²) in [5.74, 6) is -1.66. The van der Waals surface area contributed by atoms with Gasteiger partial charge in [-0.2, -0.15) is 0 Å². The fourth-order valence-electron chi connectivity index (χ4n) is 4.01. The number of carbonyl (C=O) groups is 2. The van der Waals surface area contributed by atoms with Crippen molar-refractivity contribution in [1.82, 2.24) is 15.2 Å². The van der Waals surface area contributed by atoms with Gasteiger partial charge in [-0.1, -0.05) is 36.4 Å². The third-order valence-electron chi connectivity index (χ3n) is 5.59. The summed E-state index contributed by atoms with van der Waals surface area (Å²) >= 11 is 0. The van der Waals surface area contributed by atoms with Gasteiger partial charge in [-0.3, -0.25) is 9.88 Å². The second-order valence-corrected chi connectivity index (χ2v) is 8.19. The van der Waals surface area contributed by atoms with Crippen molar-refractivity contribution in [1.29, 1.82) is 0 Å². The predicted octanol–water partition coefficient (Wildman–Crippen LogP) is 3.47. The lowest BCUT2D eigenvalue weighted by atomic mass is 9.82. The number of methoxy groups -OCH3 is 1. The first-order valence-electron chi connectivity index (χ1n) is 10.9. The lowest BCUT2D eigenvalue weighted by Gasteiger charge is -2.30. The molecule has 2 aromatic rings. The number of hydrogen-bond acceptors (Lipinski definition) is 7. The summed E-state index contributed by atoms with van der Waals surface area (Å²) in [5.41, 5.74) is 4.57. The Morgan fingerprint density at radius 1 is 0.970 bits per heavy atom. The molecule has 0 radical (unpaired) electrons. The van der Waals surface area contributed by atoms with Gasteiger partial charge in [-0.05, 0) is 45.5 Å². The number of dihydropyridines is 1. The summed E-state index contributed by atoms with van der Waals surface area (Å²) in [6, 6.07) is 15.7. The van der Waals surface area contributed by atoms with Crippen molar-refractivity contribution in [2.75, 3.05) is 27.3 Å². The normalized spacial score (nSPS) is 16.0. The Kier molecular flexibility index (Phi) is 8.01. The van der Waals surface area contributed by atoms with E-state index < -0.39 is 17.9 Å². The van der Waals surface area contributed by atoms with E-state index in [1.807, 2.05) is 50.4 Å². The lowest BCUT2D eigenvalue weighted by Crippen LogP contribution is -2.33. The maximum absolute atomic E-state index is 13.2. The molecular weight excluding hydrogens is 418 g/mol. The molecule has 0 aliphatic carbocycles. The number of nitrogens with one attached hydrogen (secondary N) is 1. The number of hydrogen-bond donors (Lipinski definition) is 1. The first kappa shape index (κ1) is 24.2. The van der Waals surface area contributed by atoms with Crippen molar-refractivity contribution < 1.29 is 19.1 Å². The van der Waals surface area contributed by atoms with Gasteiger partial charge in [0.15, 0.2) is 0 Å². The van der Waals surface area contributed by atoms with Crippen LogP contribution in [0.2, 0.25) is 0 Å². The lowest BCUT2D eigenvalue weighted by molar-refractivity contribution is -0.139. The predicted molar refractivity (Wildman–Crippen MR) is 126 cm³/mol. The molecule has 3 rings (SSSR count). The number of allylic oxidation sites excluding steroid dienone is 2. The zero-order valence-electron chi connectivity index (χ0n) is 19.8. The van der Waals surface area contributed by atoms with Crippen molar-refractivity contribution >= 4 is 11.9 Å². The molecule has 1 N–H and O–H groups in total. The molecule has 1 aromatic carbocycles. The molecule has 7 nitrogen and oxygen atoms in total. The highest BCUT2D eigenvalue weighted by Gasteiger charge is 2.38. The molecule has 0 spiro atoms. The number of likely N-dealkylation sites (N-methyl/N-ethyl adjacent to an activating group) is 1. The van der Waals surface area contributed by atoms with Crippen LogP contribution in [0.15, 0.2) is 71.1 Å². The van der Waals surface area contributed by atoms with Crippen LogP contribution in [0.3, 0.4) is 0 Å². The third-order valence-corrected chi connectivity index (χ3v) is 5.59.